The third kappa shape index (κ3) is 4.13. The molecule has 26 heavy (non-hydrogen) atoms. The van der Waals surface area contributed by atoms with Crippen LogP contribution in [-0.2, 0) is 14.9 Å². The molecule has 0 bridgehead atoms. The van der Waals surface area contributed by atoms with Gasteiger partial charge in [-0.15, -0.1) is 0 Å². The molecule has 1 N–H and O–H groups in total. The minimum atomic E-state index is -3.74. The van der Waals surface area contributed by atoms with Crippen LogP contribution in [0.1, 0.15) is 10.4 Å². The number of hydrogen-bond acceptors (Lipinski definition) is 6. The Hall–Kier alpha value is -2.62. The van der Waals surface area contributed by atoms with E-state index in [-0.39, 0.29) is 4.90 Å². The summed E-state index contributed by atoms with van der Waals surface area (Å²) in [5, 5.41) is 2.69. The SMILES string of the molecule is COc1ccc(C(=O)Nc2ccc(S(=O)(=O)N(C)OC)cc2)c(OC)c1. The zero-order valence-corrected chi connectivity index (χ0v) is 15.7. The molecule has 140 valence electrons. The molecule has 0 fully saturated rings. The molecule has 1 amide bonds. The molecule has 0 aliphatic carbocycles. The van der Waals surface area contributed by atoms with Crippen LogP contribution in [0.3, 0.4) is 0 Å². The number of hydrogen-bond donors (Lipinski definition) is 1. The van der Waals surface area contributed by atoms with E-state index in [0.29, 0.717) is 22.7 Å². The standard InChI is InChI=1S/C17H20N2O6S/c1-19(25-4)26(21,22)14-8-5-12(6-9-14)18-17(20)15-10-7-13(23-2)11-16(15)24-3/h5-11H,1-4H3,(H,18,20). The summed E-state index contributed by atoms with van der Waals surface area (Å²) < 4.78 is 35.4. The smallest absolute Gasteiger partial charge is 0.264 e. The normalized spacial score (nSPS) is 11.3. The first-order chi connectivity index (χ1) is 12.3. The van der Waals surface area contributed by atoms with Gasteiger partial charge in [0.05, 0.1) is 31.8 Å². The van der Waals surface area contributed by atoms with E-state index >= 15 is 0 Å². The summed E-state index contributed by atoms with van der Waals surface area (Å²) >= 11 is 0. The van der Waals surface area contributed by atoms with E-state index < -0.39 is 15.9 Å². The van der Waals surface area contributed by atoms with Gasteiger partial charge in [0.25, 0.3) is 15.9 Å². The maximum atomic E-state index is 12.5. The van der Waals surface area contributed by atoms with Crippen molar-refractivity contribution in [2.45, 2.75) is 4.90 Å². The van der Waals surface area contributed by atoms with Gasteiger partial charge in [0.15, 0.2) is 0 Å². The highest BCUT2D eigenvalue weighted by molar-refractivity contribution is 7.89. The fraction of sp³-hybridized carbons (Fsp3) is 0.235. The number of rotatable bonds is 7. The number of anilines is 1. The van der Waals surface area contributed by atoms with E-state index in [2.05, 4.69) is 5.32 Å². The number of methoxy groups -OCH3 is 2. The van der Waals surface area contributed by atoms with Crippen molar-refractivity contribution in [2.75, 3.05) is 33.7 Å². The number of nitrogens with zero attached hydrogens (tertiary/aromatic N) is 1. The molecule has 2 aromatic carbocycles. The molecule has 8 nitrogen and oxygen atoms in total. The molecule has 9 heteroatoms. The molecule has 0 saturated heterocycles. The largest absolute Gasteiger partial charge is 0.497 e. The lowest BCUT2D eigenvalue weighted by molar-refractivity contribution is -0.0258. The van der Waals surface area contributed by atoms with E-state index in [1.165, 1.54) is 52.6 Å². The third-order valence-corrected chi connectivity index (χ3v) is 5.35. The van der Waals surface area contributed by atoms with Gasteiger partial charge >= 0.3 is 0 Å². The van der Waals surface area contributed by atoms with Gasteiger partial charge in [0.2, 0.25) is 0 Å². The molecule has 2 aromatic rings. The van der Waals surface area contributed by atoms with E-state index in [0.717, 1.165) is 4.47 Å². The Morgan fingerprint density at radius 2 is 1.65 bits per heavy atom. The Labute approximate surface area is 152 Å². The minimum absolute atomic E-state index is 0.0434. The predicted octanol–water partition coefficient (Wildman–Crippen LogP) is 2.14. The highest BCUT2D eigenvalue weighted by Gasteiger charge is 2.20. The van der Waals surface area contributed by atoms with Gasteiger partial charge in [-0.05, 0) is 36.4 Å². The molecule has 0 radical (unpaired) electrons. The predicted molar refractivity (Wildman–Crippen MR) is 95.9 cm³/mol. The fourth-order valence-corrected chi connectivity index (χ4v) is 3.11. The number of nitrogens with one attached hydrogen (secondary N) is 1. The summed E-state index contributed by atoms with van der Waals surface area (Å²) in [5.41, 5.74) is 0.760. The second-order valence-electron chi connectivity index (χ2n) is 5.14. The first-order valence-corrected chi connectivity index (χ1v) is 8.94. The van der Waals surface area contributed by atoms with Crippen LogP contribution >= 0.6 is 0 Å². The first-order valence-electron chi connectivity index (χ1n) is 7.50. The number of benzene rings is 2. The van der Waals surface area contributed by atoms with Crippen LogP contribution in [0.25, 0.3) is 0 Å². The van der Waals surface area contributed by atoms with Crippen LogP contribution in [0.4, 0.5) is 5.69 Å². The molecular formula is C17H20N2O6S. The van der Waals surface area contributed by atoms with Crippen molar-refractivity contribution in [3.05, 3.63) is 48.0 Å². The number of hydroxylamine groups is 1. The van der Waals surface area contributed by atoms with Crippen molar-refractivity contribution >= 4 is 21.6 Å². The lowest BCUT2D eigenvalue weighted by atomic mass is 10.1. The Kier molecular flexibility index (Phi) is 6.19. The van der Waals surface area contributed by atoms with Crippen molar-refractivity contribution in [3.63, 3.8) is 0 Å². The number of ether oxygens (including phenoxy) is 2. The monoisotopic (exact) mass is 380 g/mol. The zero-order valence-electron chi connectivity index (χ0n) is 14.8. The minimum Gasteiger partial charge on any atom is -0.497 e. The Balaban J connectivity index is 2.21. The average Bonchev–Trinajstić information content (AvgIpc) is 2.66. The Morgan fingerprint density at radius 3 is 2.19 bits per heavy atom. The van der Waals surface area contributed by atoms with Crippen LogP contribution < -0.4 is 14.8 Å². The number of carbonyl (C=O) groups excluding carboxylic acids is 1. The summed E-state index contributed by atoms with van der Waals surface area (Å²) in [6.07, 6.45) is 0. The lowest BCUT2D eigenvalue weighted by Crippen LogP contribution is -2.25. The quantitative estimate of drug-likeness (QED) is 0.740. The van der Waals surface area contributed by atoms with Gasteiger partial charge in [-0.1, -0.05) is 4.47 Å². The highest BCUT2D eigenvalue weighted by Crippen LogP contribution is 2.26. The molecule has 0 heterocycles. The van der Waals surface area contributed by atoms with Crippen molar-refractivity contribution in [1.29, 1.82) is 0 Å². The van der Waals surface area contributed by atoms with E-state index in [9.17, 15) is 13.2 Å². The average molecular weight is 380 g/mol. The maximum absolute atomic E-state index is 12.5. The zero-order chi connectivity index (χ0) is 19.3. The summed E-state index contributed by atoms with van der Waals surface area (Å²) in [7, 11) is 1.79. The van der Waals surface area contributed by atoms with Gasteiger partial charge in [-0.3, -0.25) is 9.63 Å². The molecule has 0 unspecified atom stereocenters. The van der Waals surface area contributed by atoms with E-state index in [4.69, 9.17) is 14.3 Å². The summed E-state index contributed by atoms with van der Waals surface area (Å²) in [6, 6.07) is 10.6. The molecule has 0 saturated carbocycles. The van der Waals surface area contributed by atoms with E-state index in [1.807, 2.05) is 0 Å². The molecule has 0 aromatic heterocycles. The molecule has 0 aliphatic rings. The van der Waals surface area contributed by atoms with Crippen molar-refractivity contribution in [3.8, 4) is 11.5 Å². The Morgan fingerprint density at radius 1 is 1.00 bits per heavy atom. The van der Waals surface area contributed by atoms with Crippen LogP contribution in [0.2, 0.25) is 0 Å². The first kappa shape index (κ1) is 19.7. The van der Waals surface area contributed by atoms with Crippen LogP contribution in [0.15, 0.2) is 47.4 Å². The van der Waals surface area contributed by atoms with Gasteiger partial charge in [0.1, 0.15) is 11.5 Å². The van der Waals surface area contributed by atoms with Crippen molar-refractivity contribution < 1.29 is 27.5 Å². The second-order valence-corrected chi connectivity index (χ2v) is 7.08. The molecule has 2 rings (SSSR count). The van der Waals surface area contributed by atoms with Crippen LogP contribution in [0.5, 0.6) is 11.5 Å². The van der Waals surface area contributed by atoms with Crippen LogP contribution in [-0.4, -0.2) is 47.2 Å². The van der Waals surface area contributed by atoms with Crippen LogP contribution in [0, 0.1) is 0 Å². The van der Waals surface area contributed by atoms with Gasteiger partial charge in [-0.2, -0.15) is 0 Å². The molecular weight excluding hydrogens is 360 g/mol. The van der Waals surface area contributed by atoms with Gasteiger partial charge in [-0.25, -0.2) is 8.42 Å². The second kappa shape index (κ2) is 8.17. The van der Waals surface area contributed by atoms with Gasteiger partial charge in [0, 0.05) is 18.8 Å². The molecule has 0 spiro atoms. The summed E-state index contributed by atoms with van der Waals surface area (Å²) in [5.74, 6) is 0.534. The third-order valence-electron chi connectivity index (χ3n) is 3.66. The highest BCUT2D eigenvalue weighted by atomic mass is 32.2. The lowest BCUT2D eigenvalue weighted by Gasteiger charge is -2.14. The van der Waals surface area contributed by atoms with E-state index in [1.54, 1.807) is 18.2 Å². The maximum Gasteiger partial charge on any atom is 0.264 e. The number of carbonyl (C=O) groups is 1. The summed E-state index contributed by atoms with van der Waals surface area (Å²) in [4.78, 5) is 17.2. The fourth-order valence-electron chi connectivity index (χ4n) is 2.14. The summed E-state index contributed by atoms with van der Waals surface area (Å²) in [6.45, 7) is 0. The number of sulfonamides is 1. The van der Waals surface area contributed by atoms with Crippen molar-refractivity contribution in [1.82, 2.24) is 4.47 Å². The van der Waals surface area contributed by atoms with Crippen molar-refractivity contribution in [2.24, 2.45) is 0 Å². The number of amides is 1. The molecule has 0 aliphatic heterocycles. The Bertz CT molecular complexity index is 881. The topological polar surface area (TPSA) is 94.2 Å². The van der Waals surface area contributed by atoms with Gasteiger partial charge < -0.3 is 14.8 Å². The molecule has 0 atom stereocenters.